The molecule has 0 spiro atoms. The molecule has 1 aliphatic heterocycles. The minimum Gasteiger partial charge on any atom is -0.508 e. The number of amides is 1. The van der Waals surface area contributed by atoms with Crippen LogP contribution in [0.2, 0.25) is 0 Å². The maximum atomic E-state index is 12.3. The van der Waals surface area contributed by atoms with Crippen molar-refractivity contribution in [1.29, 1.82) is 0 Å². The van der Waals surface area contributed by atoms with Crippen molar-refractivity contribution in [1.82, 2.24) is 5.32 Å². The molecule has 0 saturated carbocycles. The van der Waals surface area contributed by atoms with Crippen LogP contribution in [0, 0.1) is 0 Å². The molecule has 1 saturated heterocycles. The predicted molar refractivity (Wildman–Crippen MR) is 99.1 cm³/mol. The molecule has 1 unspecified atom stereocenters. The molecule has 5 heteroatoms. The Morgan fingerprint density at radius 2 is 1.88 bits per heavy atom. The third-order valence-corrected chi connectivity index (χ3v) is 4.61. The number of ether oxygens (including phenoxy) is 2. The normalized spacial score (nSPS) is 19.8. The lowest BCUT2D eigenvalue weighted by molar-refractivity contribution is -0.122. The van der Waals surface area contributed by atoms with E-state index in [2.05, 4.69) is 5.32 Å². The Balaban J connectivity index is 1.56. The van der Waals surface area contributed by atoms with Crippen molar-refractivity contribution in [2.24, 2.45) is 0 Å². The van der Waals surface area contributed by atoms with Gasteiger partial charge in [0.1, 0.15) is 11.4 Å². The van der Waals surface area contributed by atoms with Gasteiger partial charge >= 0.3 is 0 Å². The third kappa shape index (κ3) is 5.07. The maximum Gasteiger partial charge on any atom is 0.251 e. The second kappa shape index (κ2) is 8.83. The molecule has 5 nitrogen and oxygen atoms in total. The SMILES string of the molecule is O=C(NCC1(COCc2ccccc2)CCCCO1)c1ccc(O)cc1. The molecule has 2 aromatic rings. The molecule has 1 aliphatic rings. The second-order valence-electron chi connectivity index (χ2n) is 6.70. The first-order valence-electron chi connectivity index (χ1n) is 9.00. The fraction of sp³-hybridized carbons (Fsp3) is 0.381. The van der Waals surface area contributed by atoms with Gasteiger partial charge in [-0.05, 0) is 49.1 Å². The summed E-state index contributed by atoms with van der Waals surface area (Å²) in [4.78, 5) is 12.3. The molecule has 1 amide bonds. The number of aromatic hydroxyl groups is 1. The standard InChI is InChI=1S/C21H25NO4/c23-19-10-8-18(9-11-19)20(24)22-15-21(12-4-5-13-26-21)16-25-14-17-6-2-1-3-7-17/h1-3,6-11,23H,4-5,12-16H2,(H,22,24). The number of nitrogens with one attached hydrogen (secondary N) is 1. The van der Waals surface area contributed by atoms with Crippen molar-refractivity contribution in [3.05, 3.63) is 65.7 Å². The molecule has 26 heavy (non-hydrogen) atoms. The molecule has 2 aromatic carbocycles. The van der Waals surface area contributed by atoms with Gasteiger partial charge in [0.15, 0.2) is 0 Å². The number of phenols is 1. The number of carbonyl (C=O) groups is 1. The number of phenolic OH excluding ortho intramolecular Hbond substituents is 1. The molecule has 0 radical (unpaired) electrons. The summed E-state index contributed by atoms with van der Waals surface area (Å²) in [6, 6.07) is 16.2. The van der Waals surface area contributed by atoms with E-state index in [-0.39, 0.29) is 11.7 Å². The predicted octanol–water partition coefficient (Wildman–Crippen LogP) is 3.28. The van der Waals surface area contributed by atoms with Crippen LogP contribution in [0.15, 0.2) is 54.6 Å². The van der Waals surface area contributed by atoms with Crippen molar-refractivity contribution >= 4 is 5.91 Å². The van der Waals surface area contributed by atoms with Gasteiger partial charge < -0.3 is 19.9 Å². The van der Waals surface area contributed by atoms with Crippen LogP contribution in [0.25, 0.3) is 0 Å². The van der Waals surface area contributed by atoms with Gasteiger partial charge in [0, 0.05) is 18.7 Å². The summed E-state index contributed by atoms with van der Waals surface area (Å²) in [7, 11) is 0. The second-order valence-corrected chi connectivity index (χ2v) is 6.70. The van der Waals surface area contributed by atoms with Crippen LogP contribution >= 0.6 is 0 Å². The molecule has 138 valence electrons. The smallest absolute Gasteiger partial charge is 0.251 e. The van der Waals surface area contributed by atoms with Crippen LogP contribution in [0.5, 0.6) is 5.75 Å². The molecule has 0 aliphatic carbocycles. The average Bonchev–Trinajstić information content (AvgIpc) is 2.68. The van der Waals surface area contributed by atoms with Crippen LogP contribution in [0.1, 0.15) is 35.2 Å². The van der Waals surface area contributed by atoms with E-state index >= 15 is 0 Å². The molecule has 1 heterocycles. The van der Waals surface area contributed by atoms with Crippen LogP contribution in [-0.2, 0) is 16.1 Å². The van der Waals surface area contributed by atoms with E-state index in [1.165, 1.54) is 12.1 Å². The van der Waals surface area contributed by atoms with Gasteiger partial charge in [-0.2, -0.15) is 0 Å². The quantitative estimate of drug-likeness (QED) is 0.800. The maximum absolute atomic E-state index is 12.3. The van der Waals surface area contributed by atoms with E-state index in [0.717, 1.165) is 24.8 Å². The van der Waals surface area contributed by atoms with Crippen molar-refractivity contribution in [3.8, 4) is 5.75 Å². The lowest BCUT2D eigenvalue weighted by atomic mass is 9.94. The molecule has 0 aromatic heterocycles. The van der Waals surface area contributed by atoms with E-state index in [4.69, 9.17) is 9.47 Å². The molecule has 2 N–H and O–H groups in total. The van der Waals surface area contributed by atoms with E-state index in [1.54, 1.807) is 12.1 Å². The minimum atomic E-state index is -0.486. The van der Waals surface area contributed by atoms with Crippen molar-refractivity contribution < 1.29 is 19.4 Å². The number of benzene rings is 2. The lowest BCUT2D eigenvalue weighted by Crippen LogP contribution is -2.50. The van der Waals surface area contributed by atoms with Gasteiger partial charge in [-0.25, -0.2) is 0 Å². The zero-order valence-corrected chi connectivity index (χ0v) is 14.8. The van der Waals surface area contributed by atoms with E-state index < -0.39 is 5.60 Å². The molecular formula is C21H25NO4. The number of rotatable bonds is 7. The van der Waals surface area contributed by atoms with Crippen molar-refractivity contribution in [3.63, 3.8) is 0 Å². The van der Waals surface area contributed by atoms with Crippen molar-refractivity contribution in [2.75, 3.05) is 19.8 Å². The molecule has 1 fully saturated rings. The fourth-order valence-electron chi connectivity index (χ4n) is 3.10. The highest BCUT2D eigenvalue weighted by atomic mass is 16.5. The molecule has 3 rings (SSSR count). The Kier molecular flexibility index (Phi) is 6.26. The number of hydrogen-bond acceptors (Lipinski definition) is 4. The first kappa shape index (κ1) is 18.4. The highest BCUT2D eigenvalue weighted by molar-refractivity contribution is 5.94. The summed E-state index contributed by atoms with van der Waals surface area (Å²) >= 11 is 0. The highest BCUT2D eigenvalue weighted by Gasteiger charge is 2.34. The summed E-state index contributed by atoms with van der Waals surface area (Å²) in [5, 5.41) is 12.3. The largest absolute Gasteiger partial charge is 0.508 e. The highest BCUT2D eigenvalue weighted by Crippen LogP contribution is 2.25. The topological polar surface area (TPSA) is 67.8 Å². The van der Waals surface area contributed by atoms with Gasteiger partial charge in [0.05, 0.1) is 13.2 Å². The Labute approximate surface area is 153 Å². The van der Waals surface area contributed by atoms with E-state index in [9.17, 15) is 9.90 Å². The van der Waals surface area contributed by atoms with E-state index in [1.807, 2.05) is 30.3 Å². The van der Waals surface area contributed by atoms with Gasteiger partial charge in [-0.1, -0.05) is 30.3 Å². The average molecular weight is 355 g/mol. The van der Waals surface area contributed by atoms with Crippen molar-refractivity contribution in [2.45, 2.75) is 31.5 Å². The van der Waals surface area contributed by atoms with Gasteiger partial charge in [-0.15, -0.1) is 0 Å². The monoisotopic (exact) mass is 355 g/mol. The fourth-order valence-corrected chi connectivity index (χ4v) is 3.10. The van der Waals surface area contributed by atoms with Crippen LogP contribution in [0.3, 0.4) is 0 Å². The summed E-state index contributed by atoms with van der Waals surface area (Å²) in [6.07, 6.45) is 2.95. The van der Waals surface area contributed by atoms with Crippen LogP contribution in [0.4, 0.5) is 0 Å². The zero-order valence-electron chi connectivity index (χ0n) is 14.8. The number of carbonyl (C=O) groups excluding carboxylic acids is 1. The molecular weight excluding hydrogens is 330 g/mol. The Bertz CT molecular complexity index is 694. The summed E-state index contributed by atoms with van der Waals surface area (Å²) in [5.74, 6) is -0.0375. The Hall–Kier alpha value is -2.37. The van der Waals surface area contributed by atoms with E-state index in [0.29, 0.717) is 31.9 Å². The Morgan fingerprint density at radius 3 is 2.58 bits per heavy atom. The Morgan fingerprint density at radius 1 is 1.12 bits per heavy atom. The number of hydrogen-bond donors (Lipinski definition) is 2. The summed E-state index contributed by atoms with van der Waals surface area (Å²) in [5.41, 5.74) is 1.14. The third-order valence-electron chi connectivity index (χ3n) is 4.61. The van der Waals surface area contributed by atoms with Crippen LogP contribution in [-0.4, -0.2) is 36.4 Å². The van der Waals surface area contributed by atoms with Gasteiger partial charge in [0.25, 0.3) is 5.91 Å². The van der Waals surface area contributed by atoms with Crippen LogP contribution < -0.4 is 5.32 Å². The summed E-state index contributed by atoms with van der Waals surface area (Å²) in [6.45, 7) is 2.06. The first-order valence-corrected chi connectivity index (χ1v) is 9.00. The van der Waals surface area contributed by atoms with Gasteiger partial charge in [-0.3, -0.25) is 4.79 Å². The summed E-state index contributed by atoms with van der Waals surface area (Å²) < 4.78 is 11.9. The zero-order chi connectivity index (χ0) is 18.2. The van der Waals surface area contributed by atoms with Gasteiger partial charge in [0.2, 0.25) is 0 Å². The first-order chi connectivity index (χ1) is 12.7. The lowest BCUT2D eigenvalue weighted by Gasteiger charge is -2.37. The molecule has 0 bridgehead atoms. The minimum absolute atomic E-state index is 0.142. The molecule has 1 atom stereocenters.